The molecule has 0 unspecified atom stereocenters. The maximum Gasteiger partial charge on any atom is 0.338 e. The Bertz CT molecular complexity index is 3900. The molecule has 13 rings (SSSR count). The smallest absolute Gasteiger partial charge is 0.338 e. The number of ether oxygens (including phenoxy) is 8. The molecule has 516 valence electrons. The summed E-state index contributed by atoms with van der Waals surface area (Å²) in [6.07, 6.45) is 10.5. The van der Waals surface area contributed by atoms with Gasteiger partial charge in [-0.15, -0.1) is 0 Å². The van der Waals surface area contributed by atoms with E-state index in [0.717, 1.165) is 59.9 Å². The zero-order valence-corrected chi connectivity index (χ0v) is 55.8. The highest BCUT2D eigenvalue weighted by Gasteiger charge is 2.46. The highest BCUT2D eigenvalue weighted by atomic mass is 19.1. The molecule has 99 heavy (non-hydrogen) atoms. The van der Waals surface area contributed by atoms with Crippen LogP contribution in [0.15, 0.2) is 218 Å². The first-order valence-electron chi connectivity index (χ1n) is 34.2. The van der Waals surface area contributed by atoms with Crippen molar-refractivity contribution in [2.24, 2.45) is 17.8 Å². The van der Waals surface area contributed by atoms with Crippen molar-refractivity contribution in [3.8, 4) is 11.1 Å². The Morgan fingerprint density at radius 2 is 0.687 bits per heavy atom. The molecule has 3 aliphatic heterocycles. The fourth-order valence-electron chi connectivity index (χ4n) is 13.4. The number of halogens is 6. The van der Waals surface area contributed by atoms with Crippen LogP contribution < -0.4 is 0 Å². The van der Waals surface area contributed by atoms with Gasteiger partial charge >= 0.3 is 11.9 Å². The topological polar surface area (TPSA) is 108 Å². The van der Waals surface area contributed by atoms with Crippen LogP contribution in [-0.2, 0) is 68.1 Å². The molecule has 0 N–H and O–H groups in total. The van der Waals surface area contributed by atoms with Gasteiger partial charge in [-0.05, 0) is 145 Å². The van der Waals surface area contributed by atoms with Crippen molar-refractivity contribution in [3.05, 3.63) is 309 Å². The van der Waals surface area contributed by atoms with Crippen molar-refractivity contribution in [1.29, 1.82) is 0 Å². The number of carbonyl (C=O) groups excluding carboxylic acids is 2. The van der Waals surface area contributed by atoms with Gasteiger partial charge in [-0.25, -0.2) is 35.9 Å². The number of aryl methyl sites for hydroxylation is 2. The van der Waals surface area contributed by atoms with Gasteiger partial charge in [-0.3, -0.25) is 0 Å². The van der Waals surface area contributed by atoms with Gasteiger partial charge in [0.1, 0.15) is 47.1 Å². The van der Waals surface area contributed by atoms with Crippen LogP contribution in [-0.4, -0.2) is 63.8 Å². The van der Waals surface area contributed by atoms with E-state index in [9.17, 15) is 35.9 Å². The van der Waals surface area contributed by atoms with Gasteiger partial charge in [-0.1, -0.05) is 187 Å². The van der Waals surface area contributed by atoms with Crippen LogP contribution in [0, 0.1) is 52.7 Å². The molecule has 9 aromatic rings. The molecule has 16 heteroatoms. The van der Waals surface area contributed by atoms with Gasteiger partial charge in [0.25, 0.3) is 0 Å². The Morgan fingerprint density at radius 1 is 0.354 bits per heavy atom. The predicted molar refractivity (Wildman–Crippen MR) is 365 cm³/mol. The van der Waals surface area contributed by atoms with Gasteiger partial charge in [0.05, 0.1) is 50.8 Å². The minimum Gasteiger partial charge on any atom is -0.454 e. The van der Waals surface area contributed by atoms with E-state index in [1.807, 2.05) is 54.6 Å². The normalized spacial score (nSPS) is 19.9. The fourth-order valence-corrected chi connectivity index (χ4v) is 13.4. The van der Waals surface area contributed by atoms with Crippen LogP contribution in [0.1, 0.15) is 137 Å². The molecule has 3 saturated heterocycles. The highest BCUT2D eigenvalue weighted by Crippen LogP contribution is 2.45. The summed E-state index contributed by atoms with van der Waals surface area (Å²) in [5, 5.41) is 0. The van der Waals surface area contributed by atoms with Gasteiger partial charge in [0.15, 0.2) is 0 Å². The molecular weight excluding hydrogens is 1270 g/mol. The van der Waals surface area contributed by atoms with E-state index in [-0.39, 0.29) is 26.4 Å². The minimum atomic E-state index is -1.38. The van der Waals surface area contributed by atoms with Crippen LogP contribution in [0.25, 0.3) is 11.1 Å². The fraction of sp³-hybridized carbons (Fsp3) is 0.325. The summed E-state index contributed by atoms with van der Waals surface area (Å²) in [5.74, 6) is -5.98. The monoisotopic (exact) mass is 1350 g/mol. The van der Waals surface area contributed by atoms with Gasteiger partial charge in [0, 0.05) is 45.4 Å². The summed E-state index contributed by atoms with van der Waals surface area (Å²) < 4.78 is 130. The number of hydrogen-bond donors (Lipinski definition) is 0. The first-order chi connectivity index (χ1) is 48.1. The maximum absolute atomic E-state index is 14.0. The molecule has 10 nitrogen and oxygen atoms in total. The first kappa shape index (κ1) is 71.5. The lowest BCUT2D eigenvalue weighted by atomic mass is 9.74. The summed E-state index contributed by atoms with van der Waals surface area (Å²) in [7, 11) is 0. The third-order valence-electron chi connectivity index (χ3n) is 18.7. The van der Waals surface area contributed by atoms with E-state index >= 15 is 0 Å². The predicted octanol–water partition coefficient (Wildman–Crippen LogP) is 18.9. The average molecular weight is 1350 g/mol. The Morgan fingerprint density at radius 3 is 1.06 bits per heavy atom. The van der Waals surface area contributed by atoms with E-state index in [4.69, 9.17) is 37.9 Å². The third-order valence-corrected chi connectivity index (χ3v) is 18.7. The molecule has 0 spiro atoms. The molecule has 0 bridgehead atoms. The number of benzene rings is 9. The maximum atomic E-state index is 14.0. The van der Waals surface area contributed by atoms with Gasteiger partial charge in [0.2, 0.25) is 17.4 Å². The molecule has 0 radical (unpaired) electrons. The molecule has 3 heterocycles. The Kier molecular flexibility index (Phi) is 24.1. The van der Waals surface area contributed by atoms with Crippen molar-refractivity contribution in [1.82, 2.24) is 0 Å². The van der Waals surface area contributed by atoms with E-state index in [2.05, 4.69) is 45.0 Å². The lowest BCUT2D eigenvalue weighted by molar-refractivity contribution is -0.277. The second-order valence-corrected chi connectivity index (χ2v) is 25.6. The quantitative estimate of drug-likeness (QED) is 0.0609. The molecule has 1 aliphatic carbocycles. The number of hydrogen-bond acceptors (Lipinski definition) is 10. The van der Waals surface area contributed by atoms with Crippen LogP contribution in [0.4, 0.5) is 26.3 Å². The molecule has 4 aliphatic rings. The van der Waals surface area contributed by atoms with Crippen molar-refractivity contribution in [2.45, 2.75) is 115 Å². The van der Waals surface area contributed by atoms with Gasteiger partial charge < -0.3 is 37.9 Å². The van der Waals surface area contributed by atoms with Crippen molar-refractivity contribution in [2.75, 3.05) is 39.6 Å². The zero-order valence-electron chi connectivity index (χ0n) is 55.8. The van der Waals surface area contributed by atoms with Crippen LogP contribution in [0.2, 0.25) is 0 Å². The molecule has 9 aromatic carbocycles. The molecule has 0 amide bonds. The Labute approximate surface area is 575 Å². The summed E-state index contributed by atoms with van der Waals surface area (Å²) in [4.78, 5) is 25.4. The number of rotatable bonds is 18. The summed E-state index contributed by atoms with van der Waals surface area (Å²) >= 11 is 0. The second-order valence-electron chi connectivity index (χ2n) is 25.6. The largest absolute Gasteiger partial charge is 0.454 e. The van der Waals surface area contributed by atoms with Crippen LogP contribution >= 0.6 is 0 Å². The lowest BCUT2D eigenvalue weighted by Crippen LogP contribution is -2.46. The molecule has 4 fully saturated rings. The van der Waals surface area contributed by atoms with Crippen molar-refractivity contribution in [3.63, 3.8) is 0 Å². The Hall–Kier alpha value is -8.74. The van der Waals surface area contributed by atoms with E-state index < -0.39 is 76.4 Å². The molecular formula is C83H82F6O10. The number of carbonyl (C=O) groups is 2. The van der Waals surface area contributed by atoms with Crippen molar-refractivity contribution < 1.29 is 73.8 Å². The summed E-state index contributed by atoms with van der Waals surface area (Å²) in [5.41, 5.74) is 8.78. The summed E-state index contributed by atoms with van der Waals surface area (Å²) in [6, 6.07) is 58.9. The summed E-state index contributed by atoms with van der Waals surface area (Å²) in [6.45, 7) is 7.81. The van der Waals surface area contributed by atoms with E-state index in [1.165, 1.54) is 105 Å². The Balaban J connectivity index is 0.000000152. The van der Waals surface area contributed by atoms with Crippen LogP contribution in [0.5, 0.6) is 0 Å². The van der Waals surface area contributed by atoms with Crippen molar-refractivity contribution >= 4 is 11.9 Å². The third kappa shape index (κ3) is 17.6. The van der Waals surface area contributed by atoms with E-state index in [1.54, 1.807) is 72.8 Å². The van der Waals surface area contributed by atoms with E-state index in [0.29, 0.717) is 64.0 Å². The molecule has 0 atom stereocenters. The first-order valence-corrected chi connectivity index (χ1v) is 34.2. The molecule has 0 aromatic heterocycles. The average Bonchev–Trinajstić information content (AvgIpc) is 0.800. The second kappa shape index (κ2) is 33.4. The SMILES string of the molecule is CCCC1CCC(C2COC(c3ccccc3)(c3cc(F)cc(F)c3)OC2)CC1.CCCc1ccc(-c2ccc(C(=O)OC3COC(c4ccc(F)cc4)(c4ccc(F)cc4)OC3)cc2)cc1.CCCc1ccc(C(=O)OC2COC(c3ccc(F)cc3)(c3ccc(F)cc3)OC2)cc1. The van der Waals surface area contributed by atoms with Crippen LogP contribution in [0.3, 0.4) is 0 Å². The lowest BCUT2D eigenvalue weighted by Gasteiger charge is -2.44. The highest BCUT2D eigenvalue weighted by molar-refractivity contribution is 5.90. The minimum absolute atomic E-state index is 0.0443. The molecule has 1 saturated carbocycles. The number of esters is 2. The van der Waals surface area contributed by atoms with Gasteiger partial charge in [-0.2, -0.15) is 0 Å². The standard InChI is InChI=1S/C32H28F2O4.C26H24F2O4.C25H30F2O2/c1-2-3-22-4-6-23(7-5-22)24-8-10-25(11-9-24)31(35)38-30-20-36-32(37-21-30,26-12-16-28(33)17-13-26)27-14-18-29(34)19-15-27;1-2-3-18-4-6-19(7-5-18)25(29)32-24-16-30-26(31-17-24,20-8-12-22(27)13-9-20)21-10-14-23(28)15-11-21;1-2-6-18-9-11-19(12-10-18)20-16-28-25(29-17-20,21-7-4-3-5-8-21)22-13-23(26)15-24(27)14-22/h4-19,30H,2-3,20-21H2,1H3;4-15,24H,2-3,16-17H2,1H3;3-5,7-8,13-15,18-20H,2,6,9-12,16-17H2,1H3. The zero-order chi connectivity index (χ0) is 69.4.